The van der Waals surface area contributed by atoms with Gasteiger partial charge in [-0.1, -0.05) is 0 Å². The third kappa shape index (κ3) is 2.77. The maximum Gasteiger partial charge on any atom is 0.413 e. The number of aromatic amines is 1. The van der Waals surface area contributed by atoms with E-state index in [0.717, 1.165) is 0 Å². The summed E-state index contributed by atoms with van der Waals surface area (Å²) < 4.78 is 5.12. The Bertz CT molecular complexity index is 664. The molecule has 0 aliphatic heterocycles. The van der Waals surface area contributed by atoms with Crippen molar-refractivity contribution in [1.29, 1.82) is 5.26 Å². The standard InChI is InChI=1S/C11H12N6O2/c1-11(2,3)19-10(18)15-8-7-6(4-12)16-17-9(7)14-5-13-8/h5H,1-3H3,(H2,13,14,15,16,17,18). The monoisotopic (exact) mass is 260 g/mol. The van der Waals surface area contributed by atoms with Gasteiger partial charge in [0, 0.05) is 0 Å². The maximum atomic E-state index is 11.7. The van der Waals surface area contributed by atoms with Crippen molar-refractivity contribution in [3.05, 3.63) is 12.0 Å². The third-order valence-corrected chi connectivity index (χ3v) is 2.08. The van der Waals surface area contributed by atoms with Crippen molar-refractivity contribution in [3.63, 3.8) is 0 Å². The highest BCUT2D eigenvalue weighted by atomic mass is 16.6. The minimum Gasteiger partial charge on any atom is -0.444 e. The second-order valence-corrected chi connectivity index (χ2v) is 4.76. The third-order valence-electron chi connectivity index (χ3n) is 2.08. The molecular weight excluding hydrogens is 248 g/mol. The fraction of sp³-hybridized carbons (Fsp3) is 0.364. The van der Waals surface area contributed by atoms with E-state index in [0.29, 0.717) is 11.0 Å². The molecule has 2 rings (SSSR count). The number of fused-ring (bicyclic) bond motifs is 1. The van der Waals surface area contributed by atoms with Crippen molar-refractivity contribution in [3.8, 4) is 6.07 Å². The molecule has 8 nitrogen and oxygen atoms in total. The summed E-state index contributed by atoms with van der Waals surface area (Å²) in [5.41, 5.74) is -0.135. The molecule has 0 atom stereocenters. The molecule has 0 bridgehead atoms. The first-order valence-electron chi connectivity index (χ1n) is 5.50. The van der Waals surface area contributed by atoms with Gasteiger partial charge in [0.1, 0.15) is 23.7 Å². The van der Waals surface area contributed by atoms with E-state index in [2.05, 4.69) is 25.5 Å². The van der Waals surface area contributed by atoms with Gasteiger partial charge in [0.25, 0.3) is 0 Å². The zero-order chi connectivity index (χ0) is 14.0. The molecule has 0 saturated carbocycles. The lowest BCUT2D eigenvalue weighted by Gasteiger charge is -2.19. The first-order chi connectivity index (χ1) is 8.90. The van der Waals surface area contributed by atoms with Crippen molar-refractivity contribution >= 4 is 22.9 Å². The molecule has 2 aromatic heterocycles. The molecule has 19 heavy (non-hydrogen) atoms. The van der Waals surface area contributed by atoms with Crippen LogP contribution in [0.25, 0.3) is 11.0 Å². The molecule has 0 aromatic carbocycles. The van der Waals surface area contributed by atoms with Crippen LogP contribution >= 0.6 is 0 Å². The first kappa shape index (κ1) is 12.8. The molecule has 0 aliphatic carbocycles. The van der Waals surface area contributed by atoms with Crippen LogP contribution in [0.1, 0.15) is 26.5 Å². The van der Waals surface area contributed by atoms with Gasteiger partial charge in [0.2, 0.25) is 0 Å². The Morgan fingerprint density at radius 2 is 2.21 bits per heavy atom. The van der Waals surface area contributed by atoms with E-state index in [1.54, 1.807) is 20.8 Å². The molecule has 0 unspecified atom stereocenters. The number of anilines is 1. The molecule has 98 valence electrons. The Balaban J connectivity index is 2.33. The number of hydrogen-bond acceptors (Lipinski definition) is 6. The molecule has 2 N–H and O–H groups in total. The Morgan fingerprint density at radius 1 is 1.47 bits per heavy atom. The van der Waals surface area contributed by atoms with E-state index in [4.69, 9.17) is 10.00 Å². The maximum absolute atomic E-state index is 11.7. The summed E-state index contributed by atoms with van der Waals surface area (Å²) in [6.45, 7) is 5.25. The fourth-order valence-corrected chi connectivity index (χ4v) is 1.43. The van der Waals surface area contributed by atoms with Crippen LogP contribution in [-0.4, -0.2) is 31.9 Å². The lowest BCUT2D eigenvalue weighted by molar-refractivity contribution is 0.0635. The molecule has 0 saturated heterocycles. The van der Waals surface area contributed by atoms with Crippen LogP contribution in [0.2, 0.25) is 0 Å². The van der Waals surface area contributed by atoms with Crippen molar-refractivity contribution < 1.29 is 9.53 Å². The number of nitrogens with zero attached hydrogens (tertiary/aromatic N) is 4. The zero-order valence-electron chi connectivity index (χ0n) is 10.7. The van der Waals surface area contributed by atoms with E-state index < -0.39 is 11.7 Å². The number of carbonyl (C=O) groups excluding carboxylic acids is 1. The van der Waals surface area contributed by atoms with Crippen molar-refractivity contribution in [2.75, 3.05) is 5.32 Å². The van der Waals surface area contributed by atoms with Crippen LogP contribution < -0.4 is 5.32 Å². The number of amides is 1. The van der Waals surface area contributed by atoms with E-state index >= 15 is 0 Å². The molecule has 0 radical (unpaired) electrons. The second kappa shape index (κ2) is 4.53. The summed E-state index contributed by atoms with van der Waals surface area (Å²) in [6, 6.07) is 1.92. The Hall–Kier alpha value is -2.69. The van der Waals surface area contributed by atoms with Crippen molar-refractivity contribution in [2.45, 2.75) is 26.4 Å². The second-order valence-electron chi connectivity index (χ2n) is 4.76. The highest BCUT2D eigenvalue weighted by molar-refractivity contribution is 5.97. The lowest BCUT2D eigenvalue weighted by atomic mass is 10.2. The quantitative estimate of drug-likeness (QED) is 0.803. The molecule has 0 aliphatic rings. The van der Waals surface area contributed by atoms with E-state index in [9.17, 15) is 4.79 Å². The summed E-state index contributed by atoms with van der Waals surface area (Å²) in [6.07, 6.45) is 0.592. The van der Waals surface area contributed by atoms with Crippen molar-refractivity contribution in [1.82, 2.24) is 20.2 Å². The highest BCUT2D eigenvalue weighted by Crippen LogP contribution is 2.21. The number of nitriles is 1. The Labute approximate surface area is 108 Å². The Morgan fingerprint density at radius 3 is 2.84 bits per heavy atom. The average Bonchev–Trinajstić information content (AvgIpc) is 2.70. The van der Waals surface area contributed by atoms with Gasteiger partial charge < -0.3 is 4.74 Å². The van der Waals surface area contributed by atoms with E-state index in [1.807, 2.05) is 6.07 Å². The summed E-state index contributed by atoms with van der Waals surface area (Å²) >= 11 is 0. The van der Waals surface area contributed by atoms with Crippen LogP contribution in [0.15, 0.2) is 6.33 Å². The normalized spacial score (nSPS) is 11.1. The minimum atomic E-state index is -0.655. The molecule has 2 heterocycles. The molecule has 2 aromatic rings. The highest BCUT2D eigenvalue weighted by Gasteiger charge is 2.19. The van der Waals surface area contributed by atoms with Gasteiger partial charge in [-0.3, -0.25) is 10.4 Å². The number of carbonyl (C=O) groups is 1. The van der Waals surface area contributed by atoms with Gasteiger partial charge in [0.15, 0.2) is 11.5 Å². The lowest BCUT2D eigenvalue weighted by Crippen LogP contribution is -2.27. The average molecular weight is 260 g/mol. The van der Waals surface area contributed by atoms with Crippen molar-refractivity contribution in [2.24, 2.45) is 0 Å². The molecule has 0 spiro atoms. The van der Waals surface area contributed by atoms with Gasteiger partial charge >= 0.3 is 6.09 Å². The molecule has 8 heteroatoms. The smallest absolute Gasteiger partial charge is 0.413 e. The van der Waals surface area contributed by atoms with Gasteiger partial charge in [-0.25, -0.2) is 14.8 Å². The summed E-state index contributed by atoms with van der Waals surface area (Å²) in [7, 11) is 0. The van der Waals surface area contributed by atoms with Crippen LogP contribution in [0.3, 0.4) is 0 Å². The van der Waals surface area contributed by atoms with Gasteiger partial charge in [-0.05, 0) is 20.8 Å². The van der Waals surface area contributed by atoms with Crippen LogP contribution in [0.5, 0.6) is 0 Å². The van der Waals surface area contributed by atoms with Crippen LogP contribution in [-0.2, 0) is 4.74 Å². The predicted octanol–water partition coefficient (Wildman–Crippen LogP) is 1.57. The summed E-state index contributed by atoms with van der Waals surface area (Å²) in [5, 5.41) is 18.1. The summed E-state index contributed by atoms with van der Waals surface area (Å²) in [4.78, 5) is 19.5. The minimum absolute atomic E-state index is 0.182. The number of hydrogen-bond donors (Lipinski definition) is 2. The number of aromatic nitrogens is 4. The Kier molecular flexibility index (Phi) is 3.04. The van der Waals surface area contributed by atoms with Gasteiger partial charge in [-0.2, -0.15) is 10.4 Å². The number of ether oxygens (including phenoxy) is 1. The molecule has 0 fully saturated rings. The first-order valence-corrected chi connectivity index (χ1v) is 5.50. The van der Waals surface area contributed by atoms with E-state index in [1.165, 1.54) is 6.33 Å². The molecule has 1 amide bonds. The van der Waals surface area contributed by atoms with E-state index in [-0.39, 0.29) is 11.5 Å². The largest absolute Gasteiger partial charge is 0.444 e. The van der Waals surface area contributed by atoms with Gasteiger partial charge in [-0.15, -0.1) is 0 Å². The zero-order valence-corrected chi connectivity index (χ0v) is 10.7. The summed E-state index contributed by atoms with van der Waals surface area (Å²) in [5.74, 6) is 0.185. The van der Waals surface area contributed by atoms with Crippen LogP contribution in [0, 0.1) is 11.3 Å². The van der Waals surface area contributed by atoms with Gasteiger partial charge in [0.05, 0.1) is 5.39 Å². The predicted molar refractivity (Wildman–Crippen MR) is 66.3 cm³/mol. The SMILES string of the molecule is CC(C)(C)OC(=O)Nc1ncnc2n[nH]c(C#N)c12. The molecular formula is C11H12N6O2. The fourth-order valence-electron chi connectivity index (χ4n) is 1.43. The number of H-pyrrole nitrogens is 1. The number of nitrogens with one attached hydrogen (secondary N) is 2. The topological polar surface area (TPSA) is 117 Å². The number of rotatable bonds is 1. The van der Waals surface area contributed by atoms with Crippen LogP contribution in [0.4, 0.5) is 10.6 Å².